The molecule has 2 rings (SSSR count). The van der Waals surface area contributed by atoms with Crippen LogP contribution in [0, 0.1) is 5.92 Å². The van der Waals surface area contributed by atoms with Gasteiger partial charge in [-0.15, -0.1) is 0 Å². The van der Waals surface area contributed by atoms with Crippen molar-refractivity contribution in [1.29, 1.82) is 0 Å². The third-order valence-corrected chi connectivity index (χ3v) is 6.31. The number of hydrogen-bond donors (Lipinski definition) is 1. The van der Waals surface area contributed by atoms with E-state index >= 15 is 0 Å². The van der Waals surface area contributed by atoms with Gasteiger partial charge in [0, 0.05) is 32.2 Å². The van der Waals surface area contributed by atoms with Crippen LogP contribution < -0.4 is 5.32 Å². The largest absolute Gasteiger partial charge is 0.335 e. The van der Waals surface area contributed by atoms with Crippen LogP contribution in [0.1, 0.15) is 26.3 Å². The Balaban J connectivity index is 1.89. The Hall–Kier alpha value is -1.60. The number of hydrogen-bond acceptors (Lipinski definition) is 3. The average Bonchev–Trinajstić information content (AvgIpc) is 2.55. The molecule has 1 aliphatic heterocycles. The highest BCUT2D eigenvalue weighted by molar-refractivity contribution is 7.88. The molecule has 0 saturated carbocycles. The summed E-state index contributed by atoms with van der Waals surface area (Å²) in [5.74, 6) is 0.367. The number of benzene rings is 1. The van der Waals surface area contributed by atoms with Crippen LogP contribution in [0.2, 0.25) is 0 Å². The molecule has 1 fully saturated rings. The van der Waals surface area contributed by atoms with E-state index in [1.807, 2.05) is 37.3 Å². The van der Waals surface area contributed by atoms with E-state index in [1.165, 1.54) is 4.31 Å². The van der Waals surface area contributed by atoms with Crippen molar-refractivity contribution in [2.45, 2.75) is 32.6 Å². The Labute approximate surface area is 144 Å². The summed E-state index contributed by atoms with van der Waals surface area (Å²) in [5, 5.41) is 2.96. The van der Waals surface area contributed by atoms with Gasteiger partial charge >= 0.3 is 6.03 Å². The maximum Gasteiger partial charge on any atom is 0.317 e. The zero-order chi connectivity index (χ0) is 17.7. The Morgan fingerprint density at radius 3 is 2.21 bits per heavy atom. The summed E-state index contributed by atoms with van der Waals surface area (Å²) in [7, 11) is -3.35. The van der Waals surface area contributed by atoms with Gasteiger partial charge in [0.15, 0.2) is 0 Å². The molecular formula is C17H27N3O3S. The Morgan fingerprint density at radius 2 is 1.67 bits per heavy atom. The number of amides is 2. The summed E-state index contributed by atoms with van der Waals surface area (Å²) < 4.78 is 26.5. The van der Waals surface area contributed by atoms with Gasteiger partial charge in [-0.2, -0.15) is 4.31 Å². The van der Waals surface area contributed by atoms with Gasteiger partial charge in [-0.25, -0.2) is 13.2 Å². The molecule has 6 nitrogen and oxygen atoms in total. The average molecular weight is 353 g/mol. The minimum Gasteiger partial charge on any atom is -0.335 e. The standard InChI is InChI=1S/C17H27N3O3S/c1-14(2)15(3)18-17(21)19-9-11-20(12-10-19)24(22,23)13-16-7-5-4-6-8-16/h4-8,14-15H,9-13H2,1-3H3,(H,18,21). The maximum absolute atomic E-state index is 12.5. The van der Waals surface area contributed by atoms with Gasteiger partial charge in [0.25, 0.3) is 0 Å². The van der Waals surface area contributed by atoms with E-state index in [1.54, 1.807) is 4.90 Å². The van der Waals surface area contributed by atoms with Gasteiger partial charge < -0.3 is 10.2 Å². The minimum absolute atomic E-state index is 0.00438. The number of nitrogens with zero attached hydrogens (tertiary/aromatic N) is 2. The smallest absolute Gasteiger partial charge is 0.317 e. The normalized spacial score (nSPS) is 17.8. The second-order valence-corrected chi connectivity index (χ2v) is 8.58. The molecule has 1 unspecified atom stereocenters. The van der Waals surface area contributed by atoms with E-state index in [0.717, 1.165) is 5.56 Å². The third-order valence-electron chi connectivity index (χ3n) is 4.46. The fraction of sp³-hybridized carbons (Fsp3) is 0.588. The first-order chi connectivity index (χ1) is 11.3. The first-order valence-electron chi connectivity index (χ1n) is 8.37. The Bertz CT molecular complexity index is 638. The van der Waals surface area contributed by atoms with Crippen molar-refractivity contribution in [3.8, 4) is 0 Å². The number of sulfonamides is 1. The van der Waals surface area contributed by atoms with Crippen LogP contribution in [0.3, 0.4) is 0 Å². The molecule has 2 amide bonds. The van der Waals surface area contributed by atoms with Crippen LogP contribution in [-0.2, 0) is 15.8 Å². The topological polar surface area (TPSA) is 69.7 Å². The Kier molecular flexibility index (Phi) is 6.23. The van der Waals surface area contributed by atoms with Crippen molar-refractivity contribution in [1.82, 2.24) is 14.5 Å². The van der Waals surface area contributed by atoms with E-state index in [-0.39, 0.29) is 17.8 Å². The third kappa shape index (κ3) is 4.95. The summed E-state index contributed by atoms with van der Waals surface area (Å²) in [6.45, 7) is 7.62. The fourth-order valence-corrected chi connectivity index (χ4v) is 4.01. The number of carbonyl (C=O) groups is 1. The molecule has 1 saturated heterocycles. The van der Waals surface area contributed by atoms with E-state index in [4.69, 9.17) is 0 Å². The van der Waals surface area contributed by atoms with Gasteiger partial charge in [0.05, 0.1) is 5.75 Å². The Morgan fingerprint density at radius 1 is 1.08 bits per heavy atom. The molecule has 0 aliphatic carbocycles. The number of piperazine rings is 1. The predicted molar refractivity (Wildman–Crippen MR) is 95.0 cm³/mol. The highest BCUT2D eigenvalue weighted by Gasteiger charge is 2.29. The van der Waals surface area contributed by atoms with Gasteiger partial charge in [0.1, 0.15) is 0 Å². The summed E-state index contributed by atoms with van der Waals surface area (Å²) in [6, 6.07) is 9.15. The van der Waals surface area contributed by atoms with Crippen LogP contribution in [-0.4, -0.2) is 55.9 Å². The molecule has 0 spiro atoms. The lowest BCUT2D eigenvalue weighted by Gasteiger charge is -2.35. The second-order valence-electron chi connectivity index (χ2n) is 6.61. The van der Waals surface area contributed by atoms with E-state index in [2.05, 4.69) is 19.2 Å². The first kappa shape index (κ1) is 18.7. The van der Waals surface area contributed by atoms with E-state index in [9.17, 15) is 13.2 Å². The lowest BCUT2D eigenvalue weighted by Crippen LogP contribution is -2.54. The van der Waals surface area contributed by atoms with Crippen molar-refractivity contribution in [2.75, 3.05) is 26.2 Å². The molecule has 1 heterocycles. The van der Waals surface area contributed by atoms with Crippen LogP contribution in [0.25, 0.3) is 0 Å². The predicted octanol–water partition coefficient (Wildman–Crippen LogP) is 1.89. The fourth-order valence-electron chi connectivity index (χ4n) is 2.50. The molecule has 1 atom stereocenters. The summed E-state index contributed by atoms with van der Waals surface area (Å²) in [5.41, 5.74) is 0.781. The monoisotopic (exact) mass is 353 g/mol. The molecule has 7 heteroatoms. The molecule has 1 N–H and O–H groups in total. The maximum atomic E-state index is 12.5. The highest BCUT2D eigenvalue weighted by Crippen LogP contribution is 2.14. The highest BCUT2D eigenvalue weighted by atomic mass is 32.2. The summed E-state index contributed by atoms with van der Waals surface area (Å²) in [4.78, 5) is 13.9. The molecule has 0 aromatic heterocycles. The second kappa shape index (κ2) is 7.98. The molecule has 0 radical (unpaired) electrons. The molecular weight excluding hydrogens is 326 g/mol. The van der Waals surface area contributed by atoms with Gasteiger partial charge in [-0.3, -0.25) is 0 Å². The SMILES string of the molecule is CC(C)C(C)NC(=O)N1CCN(S(=O)(=O)Cc2ccccc2)CC1. The number of rotatable bonds is 5. The molecule has 1 aliphatic rings. The van der Waals surface area contributed by atoms with Crippen LogP contribution >= 0.6 is 0 Å². The molecule has 24 heavy (non-hydrogen) atoms. The number of urea groups is 1. The minimum atomic E-state index is -3.35. The van der Waals surface area contributed by atoms with E-state index < -0.39 is 10.0 Å². The summed E-state index contributed by atoms with van der Waals surface area (Å²) in [6.07, 6.45) is 0. The molecule has 1 aromatic carbocycles. The van der Waals surface area contributed by atoms with E-state index in [0.29, 0.717) is 32.1 Å². The zero-order valence-corrected chi connectivity index (χ0v) is 15.4. The lowest BCUT2D eigenvalue weighted by atomic mass is 10.1. The zero-order valence-electron chi connectivity index (χ0n) is 14.6. The summed E-state index contributed by atoms with van der Waals surface area (Å²) >= 11 is 0. The van der Waals surface area contributed by atoms with Crippen molar-refractivity contribution in [3.63, 3.8) is 0 Å². The quantitative estimate of drug-likeness (QED) is 0.879. The van der Waals surface area contributed by atoms with Crippen molar-refractivity contribution in [3.05, 3.63) is 35.9 Å². The van der Waals surface area contributed by atoms with Gasteiger partial charge in [-0.05, 0) is 18.4 Å². The van der Waals surface area contributed by atoms with Crippen molar-refractivity contribution in [2.24, 2.45) is 5.92 Å². The number of carbonyl (C=O) groups excluding carboxylic acids is 1. The first-order valence-corrected chi connectivity index (χ1v) is 9.97. The van der Waals surface area contributed by atoms with Crippen LogP contribution in [0.5, 0.6) is 0 Å². The lowest BCUT2D eigenvalue weighted by molar-refractivity contribution is 0.167. The molecule has 1 aromatic rings. The van der Waals surface area contributed by atoms with Crippen LogP contribution in [0.4, 0.5) is 4.79 Å². The van der Waals surface area contributed by atoms with Crippen molar-refractivity contribution >= 4 is 16.1 Å². The van der Waals surface area contributed by atoms with Gasteiger partial charge in [-0.1, -0.05) is 44.2 Å². The molecule has 0 bridgehead atoms. The number of nitrogens with one attached hydrogen (secondary N) is 1. The van der Waals surface area contributed by atoms with Crippen LogP contribution in [0.15, 0.2) is 30.3 Å². The molecule has 134 valence electrons. The van der Waals surface area contributed by atoms with Gasteiger partial charge in [0.2, 0.25) is 10.0 Å². The van der Waals surface area contributed by atoms with Crippen molar-refractivity contribution < 1.29 is 13.2 Å².